The molecule has 3 amide bonds. The predicted molar refractivity (Wildman–Crippen MR) is 140 cm³/mol. The molecule has 0 aromatic heterocycles. The van der Waals surface area contributed by atoms with E-state index in [9.17, 15) is 14.4 Å². The third-order valence-corrected chi connectivity index (χ3v) is 7.05. The molecule has 0 radical (unpaired) electrons. The highest BCUT2D eigenvalue weighted by molar-refractivity contribution is 6.23. The Balaban J connectivity index is 1.33. The van der Waals surface area contributed by atoms with Crippen molar-refractivity contribution in [2.75, 3.05) is 44.2 Å². The Bertz CT molecular complexity index is 1230. The summed E-state index contributed by atoms with van der Waals surface area (Å²) in [5, 5.41) is 0. The zero-order valence-electron chi connectivity index (χ0n) is 20.8. The van der Waals surface area contributed by atoms with Gasteiger partial charge in [0.05, 0.1) is 29.3 Å². The number of carbonyl (C=O) groups is 3. The van der Waals surface area contributed by atoms with Crippen molar-refractivity contribution < 1.29 is 23.9 Å². The summed E-state index contributed by atoms with van der Waals surface area (Å²) in [6.45, 7) is 9.97. The maximum Gasteiger partial charge on any atom is 0.263 e. The number of hydrogen-bond acceptors (Lipinski definition) is 6. The number of rotatable bonds is 8. The normalized spacial score (nSPS) is 20.4. The third-order valence-electron chi connectivity index (χ3n) is 7.05. The molecule has 3 aliphatic heterocycles. The molecule has 2 atom stereocenters. The third kappa shape index (κ3) is 4.71. The molecular formula is C29H31N3O5. The summed E-state index contributed by atoms with van der Waals surface area (Å²) in [5.74, 6) is 0.416. The summed E-state index contributed by atoms with van der Waals surface area (Å²) in [6.07, 6.45) is 4.55. The van der Waals surface area contributed by atoms with Crippen LogP contribution in [0.2, 0.25) is 0 Å². The lowest BCUT2D eigenvalue weighted by atomic mass is 9.94. The molecule has 1 fully saturated rings. The lowest BCUT2D eigenvalue weighted by Crippen LogP contribution is -2.45. The molecular weight excluding hydrogens is 470 g/mol. The minimum absolute atomic E-state index is 0.0517. The fourth-order valence-electron chi connectivity index (χ4n) is 5.32. The first kappa shape index (κ1) is 24.6. The summed E-state index contributed by atoms with van der Waals surface area (Å²) in [4.78, 5) is 45.1. The number of carbonyl (C=O) groups excluding carboxylic acids is 3. The number of piperidine rings is 1. The maximum atomic E-state index is 13.6. The number of imide groups is 1. The van der Waals surface area contributed by atoms with Crippen LogP contribution in [0.3, 0.4) is 0 Å². The van der Waals surface area contributed by atoms with Gasteiger partial charge in [-0.1, -0.05) is 30.4 Å². The topological polar surface area (TPSA) is 79.4 Å². The van der Waals surface area contributed by atoms with E-state index in [0.29, 0.717) is 54.5 Å². The van der Waals surface area contributed by atoms with Gasteiger partial charge in [0.15, 0.2) is 17.6 Å². The molecule has 1 saturated heterocycles. The number of ether oxygens (including phenoxy) is 2. The number of benzene rings is 2. The van der Waals surface area contributed by atoms with Gasteiger partial charge in [0.25, 0.3) is 11.8 Å². The zero-order valence-corrected chi connectivity index (χ0v) is 20.8. The van der Waals surface area contributed by atoms with Crippen LogP contribution in [0, 0.1) is 5.92 Å². The Morgan fingerprint density at radius 2 is 1.78 bits per heavy atom. The molecule has 2 aromatic rings. The second kappa shape index (κ2) is 10.5. The Kier molecular flexibility index (Phi) is 6.99. The number of anilines is 1. The van der Waals surface area contributed by atoms with Gasteiger partial charge in [-0.25, -0.2) is 0 Å². The second-order valence-electron chi connectivity index (χ2n) is 9.52. The largest absolute Gasteiger partial charge is 0.486 e. The molecule has 3 aliphatic rings. The van der Waals surface area contributed by atoms with Crippen molar-refractivity contribution in [1.82, 2.24) is 9.80 Å². The highest BCUT2D eigenvalue weighted by Gasteiger charge is 2.41. The summed E-state index contributed by atoms with van der Waals surface area (Å²) < 4.78 is 11.8. The minimum Gasteiger partial charge on any atom is -0.486 e. The standard InChI is InChI=1S/C29H31N3O5/c1-3-14-30(15-4-2)27(33)20-9-8-16-31(17-20)23-11-7-10-22-26(23)29(35)32(28(22)34)18-21-19-36-24-12-5-6-13-25(24)37-21/h3-7,10-13,20-21H,1-2,8-9,14-19H2. The number of fused-ring (bicyclic) bond motifs is 2. The van der Waals surface area contributed by atoms with Gasteiger partial charge in [0.2, 0.25) is 5.91 Å². The highest BCUT2D eigenvalue weighted by Crippen LogP contribution is 2.36. The van der Waals surface area contributed by atoms with Crippen molar-refractivity contribution >= 4 is 23.4 Å². The highest BCUT2D eigenvalue weighted by atomic mass is 16.6. The van der Waals surface area contributed by atoms with Crippen LogP contribution in [0.4, 0.5) is 5.69 Å². The molecule has 192 valence electrons. The van der Waals surface area contributed by atoms with Gasteiger partial charge >= 0.3 is 0 Å². The van der Waals surface area contributed by atoms with Crippen LogP contribution in [-0.4, -0.2) is 73.0 Å². The molecule has 0 N–H and O–H groups in total. The fourth-order valence-corrected chi connectivity index (χ4v) is 5.32. The van der Waals surface area contributed by atoms with Crippen LogP contribution in [0.1, 0.15) is 33.6 Å². The molecule has 0 spiro atoms. The Morgan fingerprint density at radius 1 is 1.03 bits per heavy atom. The van der Waals surface area contributed by atoms with Crippen LogP contribution in [0.5, 0.6) is 11.5 Å². The van der Waals surface area contributed by atoms with Gasteiger partial charge in [-0.15, -0.1) is 13.2 Å². The molecule has 37 heavy (non-hydrogen) atoms. The van der Waals surface area contributed by atoms with Crippen LogP contribution in [-0.2, 0) is 4.79 Å². The lowest BCUT2D eigenvalue weighted by Gasteiger charge is -2.36. The van der Waals surface area contributed by atoms with E-state index in [2.05, 4.69) is 18.1 Å². The zero-order chi connectivity index (χ0) is 25.9. The predicted octanol–water partition coefficient (Wildman–Crippen LogP) is 3.54. The van der Waals surface area contributed by atoms with E-state index >= 15 is 0 Å². The molecule has 2 unspecified atom stereocenters. The Morgan fingerprint density at radius 3 is 2.54 bits per heavy atom. The van der Waals surface area contributed by atoms with Crippen LogP contribution >= 0.6 is 0 Å². The van der Waals surface area contributed by atoms with E-state index in [1.807, 2.05) is 24.3 Å². The monoisotopic (exact) mass is 501 g/mol. The fraction of sp³-hybridized carbons (Fsp3) is 0.345. The van der Waals surface area contributed by atoms with Gasteiger partial charge in [-0.2, -0.15) is 0 Å². The quantitative estimate of drug-likeness (QED) is 0.407. The first-order valence-electron chi connectivity index (χ1n) is 12.6. The number of para-hydroxylation sites is 2. The first-order valence-corrected chi connectivity index (χ1v) is 12.6. The molecule has 8 nitrogen and oxygen atoms in total. The molecule has 0 bridgehead atoms. The van der Waals surface area contributed by atoms with E-state index in [0.717, 1.165) is 12.8 Å². The van der Waals surface area contributed by atoms with Gasteiger partial charge in [0, 0.05) is 26.2 Å². The SMILES string of the molecule is C=CCN(CC=C)C(=O)C1CCCN(c2cccc3c2C(=O)N(CC2COc4ccccc4O2)C3=O)C1. The van der Waals surface area contributed by atoms with Crippen molar-refractivity contribution in [3.63, 3.8) is 0 Å². The van der Waals surface area contributed by atoms with E-state index in [4.69, 9.17) is 9.47 Å². The molecule has 5 rings (SSSR count). The summed E-state index contributed by atoms with van der Waals surface area (Å²) >= 11 is 0. The van der Waals surface area contributed by atoms with E-state index < -0.39 is 6.10 Å². The van der Waals surface area contributed by atoms with E-state index in [1.165, 1.54) is 4.90 Å². The number of nitrogens with zero attached hydrogens (tertiary/aromatic N) is 3. The summed E-state index contributed by atoms with van der Waals surface area (Å²) in [6, 6.07) is 12.7. The van der Waals surface area contributed by atoms with Crippen LogP contribution in [0.15, 0.2) is 67.8 Å². The van der Waals surface area contributed by atoms with Crippen molar-refractivity contribution in [2.24, 2.45) is 5.92 Å². The molecule has 0 saturated carbocycles. The van der Waals surface area contributed by atoms with Gasteiger partial charge < -0.3 is 19.3 Å². The summed E-state index contributed by atoms with van der Waals surface area (Å²) in [7, 11) is 0. The van der Waals surface area contributed by atoms with Gasteiger partial charge in [-0.3, -0.25) is 19.3 Å². The number of hydrogen-bond donors (Lipinski definition) is 0. The maximum absolute atomic E-state index is 13.6. The number of amides is 3. The van der Waals surface area contributed by atoms with Crippen molar-refractivity contribution in [3.05, 3.63) is 78.9 Å². The molecule has 0 aliphatic carbocycles. The molecule has 2 aromatic carbocycles. The molecule has 8 heteroatoms. The average Bonchev–Trinajstić information content (AvgIpc) is 3.17. The van der Waals surface area contributed by atoms with E-state index in [-0.39, 0.29) is 36.8 Å². The Labute approximate surface area is 216 Å². The van der Waals surface area contributed by atoms with Crippen molar-refractivity contribution in [2.45, 2.75) is 18.9 Å². The Hall–Kier alpha value is -4.07. The van der Waals surface area contributed by atoms with Gasteiger partial charge in [0.1, 0.15) is 6.61 Å². The van der Waals surface area contributed by atoms with Crippen LogP contribution in [0.25, 0.3) is 0 Å². The smallest absolute Gasteiger partial charge is 0.263 e. The first-order chi connectivity index (χ1) is 18.0. The van der Waals surface area contributed by atoms with Gasteiger partial charge in [-0.05, 0) is 37.1 Å². The minimum atomic E-state index is -0.460. The van der Waals surface area contributed by atoms with E-state index in [1.54, 1.807) is 35.3 Å². The average molecular weight is 502 g/mol. The molecule has 3 heterocycles. The summed E-state index contributed by atoms with van der Waals surface area (Å²) in [5.41, 5.74) is 1.47. The van der Waals surface area contributed by atoms with Crippen molar-refractivity contribution in [1.29, 1.82) is 0 Å². The van der Waals surface area contributed by atoms with Crippen molar-refractivity contribution in [3.8, 4) is 11.5 Å². The lowest BCUT2D eigenvalue weighted by molar-refractivity contribution is -0.134. The second-order valence-corrected chi connectivity index (χ2v) is 9.52. The van der Waals surface area contributed by atoms with Crippen LogP contribution < -0.4 is 14.4 Å².